The van der Waals surface area contributed by atoms with Crippen LogP contribution in [0.3, 0.4) is 0 Å². The molecule has 0 N–H and O–H groups in total. The molecule has 2 aromatic carbocycles. The van der Waals surface area contributed by atoms with E-state index in [1.165, 1.54) is 71.6 Å². The summed E-state index contributed by atoms with van der Waals surface area (Å²) in [6.45, 7) is 0. The second-order valence-corrected chi connectivity index (χ2v) is 8.67. The summed E-state index contributed by atoms with van der Waals surface area (Å²) >= 11 is -0.234. The Morgan fingerprint density at radius 3 is 0.913 bits per heavy atom. The highest BCUT2D eigenvalue weighted by molar-refractivity contribution is 6.67. The topological polar surface area (TPSA) is 0 Å². The van der Waals surface area contributed by atoms with Gasteiger partial charge in [0.2, 0.25) is 0 Å². The summed E-state index contributed by atoms with van der Waals surface area (Å²) in [5, 5.41) is 0. The number of hydrogen-bond donors (Lipinski definition) is 0. The molecule has 2 saturated carbocycles. The number of benzene rings is 2. The molecule has 23 heavy (non-hydrogen) atoms. The van der Waals surface area contributed by atoms with Crippen molar-refractivity contribution in [3.05, 3.63) is 60.7 Å². The molecule has 0 aromatic heterocycles. The Bertz CT molecular complexity index is 421. The van der Waals surface area contributed by atoms with E-state index in [0.29, 0.717) is 0 Å². The van der Waals surface area contributed by atoms with Gasteiger partial charge in [-0.2, -0.15) is 7.39 Å². The molecule has 4 rings (SSSR count). The quantitative estimate of drug-likeness (QED) is 0.664. The lowest BCUT2D eigenvalue weighted by Gasteiger charge is -1.98. The molecule has 2 aliphatic carbocycles. The van der Waals surface area contributed by atoms with Crippen LogP contribution in [-0.2, 0) is 0 Å². The van der Waals surface area contributed by atoms with Crippen molar-refractivity contribution in [2.24, 2.45) is 0 Å². The fourth-order valence-corrected chi connectivity index (χ4v) is 4.68. The third-order valence-electron chi connectivity index (χ3n) is 4.59. The Morgan fingerprint density at radius 1 is 0.391 bits per heavy atom. The molecule has 0 heterocycles. The molecule has 2 aliphatic rings. The maximum atomic E-state index is 2.22. The van der Waals surface area contributed by atoms with Crippen LogP contribution in [0, 0.1) is 0 Å². The average Bonchev–Trinajstić information content (AvgIpc) is 3.35. The minimum absolute atomic E-state index is 0.234. The molecule has 120 valence electrons. The van der Waals surface area contributed by atoms with Gasteiger partial charge in [0.1, 0.15) is 0 Å². The van der Waals surface area contributed by atoms with Crippen molar-refractivity contribution in [2.45, 2.75) is 64.2 Å². The van der Waals surface area contributed by atoms with Crippen molar-refractivity contribution in [3.8, 4) is 0 Å². The molecule has 0 bridgehead atoms. The summed E-state index contributed by atoms with van der Waals surface area (Å²) in [4.78, 5) is 0. The maximum absolute atomic E-state index is 2.22. The number of rotatable bonds is 2. The summed E-state index contributed by atoms with van der Waals surface area (Å²) in [6.07, 6.45) is 15.0. The predicted molar refractivity (Wildman–Crippen MR) is 104 cm³/mol. The van der Waals surface area contributed by atoms with Gasteiger partial charge in [-0.05, 0) is 0 Å². The third-order valence-corrected chi connectivity index (χ3v) is 6.35. The van der Waals surface area contributed by atoms with E-state index in [1.54, 1.807) is 0 Å². The second kappa shape index (κ2) is 12.6. The van der Waals surface area contributed by atoms with Crippen molar-refractivity contribution in [1.82, 2.24) is 0 Å². The van der Waals surface area contributed by atoms with E-state index in [4.69, 9.17) is 0 Å². The summed E-state index contributed by atoms with van der Waals surface area (Å²) in [7, 11) is 0. The van der Waals surface area contributed by atoms with Gasteiger partial charge >= 0.3 is 20.4 Å². The molecule has 1 heteroatoms. The molecule has 0 aliphatic heterocycles. The first kappa shape index (κ1) is 18.5. The Balaban J connectivity index is 0.000000156. The first-order valence-corrected chi connectivity index (χ1v) is 10.9. The molecule has 0 nitrogen and oxygen atoms in total. The van der Waals surface area contributed by atoms with E-state index in [2.05, 4.69) is 60.7 Å². The monoisotopic (exact) mass is 318 g/mol. The standard InChI is InChI=1S/2C6H5.2C5H10.Mg/c2*1-2-4-6-5-3-1;2*1-2-4-5-3-1;/h2*1-5H;2*1-5H2;. The molecule has 0 saturated heterocycles. The molecule has 0 amide bonds. The van der Waals surface area contributed by atoms with Gasteiger partial charge in [0.25, 0.3) is 0 Å². The molecule has 0 unspecified atom stereocenters. The lowest BCUT2D eigenvalue weighted by atomic mass is 10.4. The van der Waals surface area contributed by atoms with Crippen LogP contribution in [-0.4, -0.2) is 20.4 Å². The predicted octanol–water partition coefficient (Wildman–Crippen LogP) is 5.24. The molecule has 2 fully saturated rings. The summed E-state index contributed by atoms with van der Waals surface area (Å²) in [5.74, 6) is 0. The molecule has 0 radical (unpaired) electrons. The van der Waals surface area contributed by atoms with Crippen LogP contribution >= 0.6 is 0 Å². The fourth-order valence-electron chi connectivity index (χ4n) is 3.20. The van der Waals surface area contributed by atoms with Gasteiger partial charge in [0.15, 0.2) is 0 Å². The third kappa shape index (κ3) is 9.17. The molecule has 0 spiro atoms. The van der Waals surface area contributed by atoms with Gasteiger partial charge in [0.05, 0.1) is 0 Å². The highest BCUT2D eigenvalue weighted by Gasteiger charge is 1.99. The lowest BCUT2D eigenvalue weighted by molar-refractivity contribution is 0.886. The smallest absolute Gasteiger partial charge is 0.165 e. The van der Waals surface area contributed by atoms with Crippen molar-refractivity contribution in [2.75, 3.05) is 0 Å². The van der Waals surface area contributed by atoms with Gasteiger partial charge in [-0.1, -0.05) is 125 Å². The SMILES string of the molecule is C1CCCC1.C1CCCC1.c1cc[c]([Mg][c]2ccccc2)cc1. The first-order chi connectivity index (χ1) is 11.4. The second-order valence-electron chi connectivity index (χ2n) is 6.68. The zero-order chi connectivity index (χ0) is 16.0. The van der Waals surface area contributed by atoms with E-state index >= 15 is 0 Å². The van der Waals surface area contributed by atoms with E-state index in [0.717, 1.165) is 0 Å². The van der Waals surface area contributed by atoms with Crippen LogP contribution in [0.2, 0.25) is 0 Å². The largest absolute Gasteiger partial charge is 0.450 e. The van der Waals surface area contributed by atoms with E-state index < -0.39 is 0 Å². The molecular formula is C22H30Mg. The van der Waals surface area contributed by atoms with Crippen LogP contribution in [0.25, 0.3) is 0 Å². The van der Waals surface area contributed by atoms with Crippen LogP contribution < -0.4 is 7.39 Å². The van der Waals surface area contributed by atoms with Gasteiger partial charge in [-0.25, -0.2) is 0 Å². The highest BCUT2D eigenvalue weighted by Crippen LogP contribution is 2.15. The van der Waals surface area contributed by atoms with E-state index in [-0.39, 0.29) is 20.4 Å². The summed E-state index contributed by atoms with van der Waals surface area (Å²) in [5.41, 5.74) is 0. The molecular weight excluding hydrogens is 289 g/mol. The lowest BCUT2D eigenvalue weighted by Crippen LogP contribution is -2.26. The van der Waals surface area contributed by atoms with Crippen LogP contribution in [0.5, 0.6) is 0 Å². The van der Waals surface area contributed by atoms with Gasteiger partial charge in [-0.15, -0.1) is 0 Å². The van der Waals surface area contributed by atoms with Gasteiger partial charge < -0.3 is 0 Å². The Labute approximate surface area is 152 Å². The van der Waals surface area contributed by atoms with Gasteiger partial charge in [0, 0.05) is 0 Å². The Morgan fingerprint density at radius 2 is 0.652 bits per heavy atom. The van der Waals surface area contributed by atoms with Gasteiger partial charge in [-0.3, -0.25) is 0 Å². The van der Waals surface area contributed by atoms with E-state index in [1.807, 2.05) is 0 Å². The van der Waals surface area contributed by atoms with Crippen molar-refractivity contribution >= 4 is 27.8 Å². The maximum Gasteiger partial charge on any atom is 0.450 e. The minimum Gasteiger partial charge on any atom is -0.165 e. The summed E-state index contributed by atoms with van der Waals surface area (Å²) < 4.78 is 3.02. The zero-order valence-corrected chi connectivity index (χ0v) is 16.0. The average molecular weight is 319 g/mol. The molecule has 0 atom stereocenters. The highest BCUT2D eigenvalue weighted by atomic mass is 24.5. The normalized spacial score (nSPS) is 15.7. The van der Waals surface area contributed by atoms with Crippen LogP contribution in [0.4, 0.5) is 0 Å². The Hall–Kier alpha value is -0.794. The molecule has 2 aromatic rings. The van der Waals surface area contributed by atoms with Crippen LogP contribution in [0.15, 0.2) is 60.7 Å². The van der Waals surface area contributed by atoms with Crippen molar-refractivity contribution in [1.29, 1.82) is 0 Å². The first-order valence-electron chi connectivity index (χ1n) is 9.53. The van der Waals surface area contributed by atoms with E-state index in [9.17, 15) is 0 Å². The van der Waals surface area contributed by atoms with Crippen molar-refractivity contribution in [3.63, 3.8) is 0 Å². The minimum atomic E-state index is -0.234. The van der Waals surface area contributed by atoms with Crippen LogP contribution in [0.1, 0.15) is 64.2 Å². The summed E-state index contributed by atoms with van der Waals surface area (Å²) in [6, 6.07) is 21.5. The number of hydrogen-bond acceptors (Lipinski definition) is 0. The Kier molecular flexibility index (Phi) is 10.2. The van der Waals surface area contributed by atoms with Crippen molar-refractivity contribution < 1.29 is 0 Å². The zero-order valence-electron chi connectivity index (χ0n) is 14.6. The fraction of sp³-hybridized carbons (Fsp3) is 0.455.